The predicted molar refractivity (Wildman–Crippen MR) is 80.6 cm³/mol. The summed E-state index contributed by atoms with van der Waals surface area (Å²) in [5, 5.41) is 0. The summed E-state index contributed by atoms with van der Waals surface area (Å²) >= 11 is 3.56. The molecule has 2 N–H and O–H groups in total. The molecule has 2 rings (SSSR count). The van der Waals surface area contributed by atoms with E-state index in [0.29, 0.717) is 12.6 Å². The Bertz CT molecular complexity index is 414. The van der Waals surface area contributed by atoms with Gasteiger partial charge in [0, 0.05) is 35.6 Å². The van der Waals surface area contributed by atoms with Crippen LogP contribution in [0.25, 0.3) is 0 Å². The number of hydrogen-bond acceptors (Lipinski definition) is 3. The van der Waals surface area contributed by atoms with Gasteiger partial charge in [-0.3, -0.25) is 4.90 Å². The molecule has 1 aromatic carbocycles. The lowest BCUT2D eigenvalue weighted by atomic mass is 10.1. The second kappa shape index (κ2) is 6.75. The van der Waals surface area contributed by atoms with Crippen LogP contribution in [0.15, 0.2) is 16.6 Å². The maximum atomic E-state index is 5.72. The van der Waals surface area contributed by atoms with Crippen molar-refractivity contribution in [2.24, 2.45) is 5.73 Å². The van der Waals surface area contributed by atoms with Crippen LogP contribution >= 0.6 is 28.3 Å². The molecule has 0 bridgehead atoms. The van der Waals surface area contributed by atoms with Crippen molar-refractivity contribution < 1.29 is 4.74 Å². The van der Waals surface area contributed by atoms with Crippen molar-refractivity contribution in [2.45, 2.75) is 25.9 Å². The van der Waals surface area contributed by atoms with Crippen LogP contribution in [0.1, 0.15) is 18.1 Å². The Morgan fingerprint density at radius 1 is 1.50 bits per heavy atom. The molecule has 0 amide bonds. The molecule has 102 valence electrons. The van der Waals surface area contributed by atoms with E-state index in [4.69, 9.17) is 10.5 Å². The van der Waals surface area contributed by atoms with Crippen molar-refractivity contribution in [3.05, 3.63) is 27.7 Å². The highest BCUT2D eigenvalue weighted by Crippen LogP contribution is 2.33. The van der Waals surface area contributed by atoms with E-state index in [1.165, 1.54) is 11.1 Å². The molecule has 5 heteroatoms. The average molecular weight is 336 g/mol. The van der Waals surface area contributed by atoms with Gasteiger partial charge < -0.3 is 10.5 Å². The van der Waals surface area contributed by atoms with E-state index in [-0.39, 0.29) is 12.4 Å². The zero-order valence-electron chi connectivity index (χ0n) is 10.8. The monoisotopic (exact) mass is 334 g/mol. The van der Waals surface area contributed by atoms with Crippen LogP contribution in [0.5, 0.6) is 5.75 Å². The van der Waals surface area contributed by atoms with Gasteiger partial charge >= 0.3 is 0 Å². The lowest BCUT2D eigenvalue weighted by Gasteiger charge is -2.24. The fourth-order valence-corrected chi connectivity index (χ4v) is 2.62. The molecule has 1 heterocycles. The molecule has 1 aliphatic heterocycles. The number of halogens is 2. The molecule has 0 saturated carbocycles. The predicted octanol–water partition coefficient (Wildman–Crippen LogP) is 2.58. The molecule has 1 unspecified atom stereocenters. The van der Waals surface area contributed by atoms with Crippen LogP contribution in [-0.4, -0.2) is 31.1 Å². The quantitative estimate of drug-likeness (QED) is 0.919. The third kappa shape index (κ3) is 3.38. The zero-order chi connectivity index (χ0) is 12.4. The third-order valence-corrected chi connectivity index (χ3v) is 3.80. The molecule has 0 radical (unpaired) electrons. The lowest BCUT2D eigenvalue weighted by molar-refractivity contribution is 0.249. The molecule has 0 fully saturated rings. The minimum atomic E-state index is 0. The van der Waals surface area contributed by atoms with Crippen LogP contribution < -0.4 is 10.5 Å². The summed E-state index contributed by atoms with van der Waals surface area (Å²) < 4.78 is 6.85. The standard InChI is InChI=1S/C13H19BrN2O.ClH/c1-9(7-15)16(2)8-11-6-12(14)5-10-3-4-17-13(10)11;/h5-6,9H,3-4,7-8,15H2,1-2H3;1H. The van der Waals surface area contributed by atoms with Crippen LogP contribution in [0.2, 0.25) is 0 Å². The van der Waals surface area contributed by atoms with Crippen LogP contribution in [0.4, 0.5) is 0 Å². The molecule has 1 aliphatic rings. The molecule has 1 atom stereocenters. The van der Waals surface area contributed by atoms with Crippen molar-refractivity contribution >= 4 is 28.3 Å². The Balaban J connectivity index is 0.00000162. The second-order valence-electron chi connectivity index (χ2n) is 4.65. The first kappa shape index (κ1) is 15.8. The molecule has 0 spiro atoms. The molecular weight excluding hydrogens is 316 g/mol. The van der Waals surface area contributed by atoms with Crippen molar-refractivity contribution in [1.29, 1.82) is 0 Å². The van der Waals surface area contributed by atoms with E-state index in [1.54, 1.807) is 0 Å². The van der Waals surface area contributed by atoms with E-state index in [1.807, 2.05) is 0 Å². The summed E-state index contributed by atoms with van der Waals surface area (Å²) in [4.78, 5) is 2.25. The number of ether oxygens (including phenoxy) is 1. The van der Waals surface area contributed by atoms with Crippen molar-refractivity contribution in [1.82, 2.24) is 4.90 Å². The third-order valence-electron chi connectivity index (χ3n) is 3.34. The summed E-state index contributed by atoms with van der Waals surface area (Å²) in [7, 11) is 2.10. The van der Waals surface area contributed by atoms with Crippen molar-refractivity contribution in [3.8, 4) is 5.75 Å². The highest BCUT2D eigenvalue weighted by atomic mass is 79.9. The number of likely N-dealkylation sites (N-methyl/N-ethyl adjacent to an activating group) is 1. The van der Waals surface area contributed by atoms with Crippen molar-refractivity contribution in [3.63, 3.8) is 0 Å². The first-order valence-corrected chi connectivity index (χ1v) is 6.75. The van der Waals surface area contributed by atoms with Gasteiger partial charge in [-0.25, -0.2) is 0 Å². The number of nitrogens with zero attached hydrogens (tertiary/aromatic N) is 1. The molecule has 1 aromatic rings. The molecule has 3 nitrogen and oxygen atoms in total. The Kier molecular flexibility index (Phi) is 5.92. The summed E-state index contributed by atoms with van der Waals surface area (Å²) in [6.45, 7) is 4.49. The van der Waals surface area contributed by atoms with Crippen LogP contribution in [-0.2, 0) is 13.0 Å². The van der Waals surface area contributed by atoms with Gasteiger partial charge in [0.05, 0.1) is 6.61 Å². The van der Waals surface area contributed by atoms with Gasteiger partial charge in [0.15, 0.2) is 0 Å². The zero-order valence-corrected chi connectivity index (χ0v) is 13.2. The minimum absolute atomic E-state index is 0. The Labute approximate surface area is 123 Å². The summed E-state index contributed by atoms with van der Waals surface area (Å²) in [6, 6.07) is 4.67. The van der Waals surface area contributed by atoms with Gasteiger partial charge in [0.2, 0.25) is 0 Å². The number of benzene rings is 1. The topological polar surface area (TPSA) is 38.5 Å². The van der Waals surface area contributed by atoms with Gasteiger partial charge in [0.1, 0.15) is 5.75 Å². The highest BCUT2D eigenvalue weighted by Gasteiger charge is 2.19. The number of nitrogens with two attached hydrogens (primary N) is 1. The Morgan fingerprint density at radius 3 is 2.89 bits per heavy atom. The summed E-state index contributed by atoms with van der Waals surface area (Å²) in [5.74, 6) is 1.07. The highest BCUT2D eigenvalue weighted by molar-refractivity contribution is 9.10. The largest absolute Gasteiger partial charge is 0.493 e. The first-order chi connectivity index (χ1) is 8.11. The molecule has 0 saturated heterocycles. The minimum Gasteiger partial charge on any atom is -0.493 e. The SMILES string of the molecule is CC(CN)N(C)Cc1cc(Br)cc2c1OCC2.Cl. The van der Waals surface area contributed by atoms with Gasteiger partial charge in [-0.15, -0.1) is 12.4 Å². The van der Waals surface area contributed by atoms with E-state index in [0.717, 1.165) is 29.8 Å². The summed E-state index contributed by atoms with van der Waals surface area (Å²) in [5.41, 5.74) is 8.24. The fraction of sp³-hybridized carbons (Fsp3) is 0.538. The van der Waals surface area contributed by atoms with Crippen LogP contribution in [0, 0.1) is 0 Å². The molecule has 0 aromatic heterocycles. The lowest BCUT2D eigenvalue weighted by Crippen LogP contribution is -2.34. The average Bonchev–Trinajstić information content (AvgIpc) is 2.75. The maximum absolute atomic E-state index is 5.72. The van der Waals surface area contributed by atoms with E-state index in [9.17, 15) is 0 Å². The maximum Gasteiger partial charge on any atom is 0.127 e. The van der Waals surface area contributed by atoms with E-state index >= 15 is 0 Å². The molecule has 18 heavy (non-hydrogen) atoms. The van der Waals surface area contributed by atoms with Gasteiger partial charge in [-0.05, 0) is 31.7 Å². The number of fused-ring (bicyclic) bond motifs is 1. The van der Waals surface area contributed by atoms with E-state index in [2.05, 4.69) is 46.9 Å². The van der Waals surface area contributed by atoms with Crippen LogP contribution in [0.3, 0.4) is 0 Å². The van der Waals surface area contributed by atoms with Gasteiger partial charge in [-0.1, -0.05) is 15.9 Å². The molecule has 0 aliphatic carbocycles. The fourth-order valence-electron chi connectivity index (χ4n) is 2.07. The number of rotatable bonds is 4. The van der Waals surface area contributed by atoms with Gasteiger partial charge in [-0.2, -0.15) is 0 Å². The Hall–Kier alpha value is -0.290. The number of hydrogen-bond donors (Lipinski definition) is 1. The second-order valence-corrected chi connectivity index (χ2v) is 5.57. The normalized spacial score (nSPS) is 14.9. The summed E-state index contributed by atoms with van der Waals surface area (Å²) in [6.07, 6.45) is 1.01. The van der Waals surface area contributed by atoms with Crippen molar-refractivity contribution in [2.75, 3.05) is 20.2 Å². The van der Waals surface area contributed by atoms with E-state index < -0.39 is 0 Å². The molecular formula is C13H20BrClN2O. The Morgan fingerprint density at radius 2 is 2.22 bits per heavy atom. The van der Waals surface area contributed by atoms with Gasteiger partial charge in [0.25, 0.3) is 0 Å². The first-order valence-electron chi connectivity index (χ1n) is 5.96. The smallest absolute Gasteiger partial charge is 0.127 e.